The number of carbonyl (C=O) groups excluding carboxylic acids is 2. The van der Waals surface area contributed by atoms with E-state index < -0.39 is 0 Å². The Kier molecular flexibility index (Phi) is 6.35. The average Bonchev–Trinajstić information content (AvgIpc) is 3.14. The second kappa shape index (κ2) is 8.53. The molecule has 1 aromatic heterocycles. The third kappa shape index (κ3) is 4.65. The molecule has 0 radical (unpaired) electrons. The van der Waals surface area contributed by atoms with Crippen molar-refractivity contribution in [3.8, 4) is 0 Å². The van der Waals surface area contributed by atoms with Crippen LogP contribution < -0.4 is 11.1 Å². The van der Waals surface area contributed by atoms with Crippen molar-refractivity contribution >= 4 is 23.2 Å². The van der Waals surface area contributed by atoms with Gasteiger partial charge in [-0.2, -0.15) is 0 Å². The Labute approximate surface area is 160 Å². The molecule has 2 unspecified atom stereocenters. The van der Waals surface area contributed by atoms with Crippen molar-refractivity contribution in [2.75, 3.05) is 19.6 Å². The quantitative estimate of drug-likeness (QED) is 0.828. The maximum absolute atomic E-state index is 12.9. The van der Waals surface area contributed by atoms with Crippen LogP contribution in [0.1, 0.15) is 50.3 Å². The van der Waals surface area contributed by atoms with Crippen molar-refractivity contribution in [1.29, 1.82) is 0 Å². The summed E-state index contributed by atoms with van der Waals surface area (Å²) in [4.78, 5) is 28.5. The zero-order valence-electron chi connectivity index (χ0n) is 15.7. The van der Waals surface area contributed by atoms with E-state index in [1.807, 2.05) is 17.9 Å². The Balaban J connectivity index is 1.43. The van der Waals surface area contributed by atoms with E-state index in [9.17, 15) is 9.59 Å². The Hall–Kier alpha value is -1.40. The van der Waals surface area contributed by atoms with Gasteiger partial charge in [0, 0.05) is 36.0 Å². The fraction of sp³-hybridized carbons (Fsp3) is 0.700. The van der Waals surface area contributed by atoms with Crippen LogP contribution in [0.15, 0.2) is 17.5 Å². The van der Waals surface area contributed by atoms with Crippen molar-refractivity contribution in [3.63, 3.8) is 0 Å². The number of likely N-dealkylation sites (tertiary alicyclic amines) is 1. The molecule has 0 spiro atoms. The summed E-state index contributed by atoms with van der Waals surface area (Å²) < 4.78 is 0. The average molecular weight is 378 g/mol. The molecule has 2 heterocycles. The molecule has 1 aliphatic carbocycles. The van der Waals surface area contributed by atoms with Gasteiger partial charge in [-0.25, -0.2) is 0 Å². The number of hydrogen-bond donors (Lipinski definition) is 2. The first kappa shape index (κ1) is 19.4. The Morgan fingerprint density at radius 1 is 1.31 bits per heavy atom. The summed E-state index contributed by atoms with van der Waals surface area (Å²) in [6, 6.07) is 4.13. The monoisotopic (exact) mass is 377 g/mol. The lowest BCUT2D eigenvalue weighted by molar-refractivity contribution is -0.142. The third-order valence-corrected chi connectivity index (χ3v) is 6.92. The lowest BCUT2D eigenvalue weighted by Gasteiger charge is -2.41. The van der Waals surface area contributed by atoms with Gasteiger partial charge in [-0.3, -0.25) is 9.59 Å². The van der Waals surface area contributed by atoms with Crippen LogP contribution in [0.25, 0.3) is 0 Å². The van der Waals surface area contributed by atoms with Crippen LogP contribution in [0.4, 0.5) is 0 Å². The highest BCUT2D eigenvalue weighted by Crippen LogP contribution is 2.33. The van der Waals surface area contributed by atoms with Gasteiger partial charge in [0.1, 0.15) is 0 Å². The number of carbonyl (C=O) groups is 2. The fourth-order valence-corrected chi connectivity index (χ4v) is 4.96. The van der Waals surface area contributed by atoms with Crippen molar-refractivity contribution in [2.45, 2.75) is 57.4 Å². The summed E-state index contributed by atoms with van der Waals surface area (Å²) in [6.45, 7) is 4.05. The third-order valence-electron chi connectivity index (χ3n) is 5.98. The van der Waals surface area contributed by atoms with Gasteiger partial charge in [-0.15, -0.1) is 11.3 Å². The fourth-order valence-electron chi connectivity index (χ4n) is 4.25. The molecule has 1 aliphatic heterocycles. The summed E-state index contributed by atoms with van der Waals surface area (Å²) in [5.74, 6) is 0.298. The minimum absolute atomic E-state index is 0.0259. The van der Waals surface area contributed by atoms with Gasteiger partial charge in [0.25, 0.3) is 0 Å². The number of hydrogen-bond acceptors (Lipinski definition) is 4. The Morgan fingerprint density at radius 3 is 2.73 bits per heavy atom. The largest absolute Gasteiger partial charge is 0.355 e. The highest BCUT2D eigenvalue weighted by atomic mass is 32.1. The Morgan fingerprint density at radius 2 is 2.08 bits per heavy atom. The van der Waals surface area contributed by atoms with Crippen LogP contribution in [0.3, 0.4) is 0 Å². The molecule has 5 nitrogen and oxygen atoms in total. The molecule has 2 amide bonds. The second-order valence-electron chi connectivity index (χ2n) is 8.02. The van der Waals surface area contributed by atoms with Gasteiger partial charge in [0.2, 0.25) is 11.8 Å². The van der Waals surface area contributed by atoms with Crippen LogP contribution in [-0.4, -0.2) is 41.9 Å². The van der Waals surface area contributed by atoms with Crippen LogP contribution in [0.5, 0.6) is 0 Å². The van der Waals surface area contributed by atoms with Crippen molar-refractivity contribution in [3.05, 3.63) is 22.4 Å². The molecule has 2 fully saturated rings. The highest BCUT2D eigenvalue weighted by Gasteiger charge is 2.40. The number of rotatable bonds is 5. The molecule has 144 valence electrons. The molecule has 1 saturated heterocycles. The normalized spacial score (nSPS) is 27.3. The highest BCUT2D eigenvalue weighted by molar-refractivity contribution is 7.09. The molecule has 1 saturated carbocycles. The summed E-state index contributed by atoms with van der Waals surface area (Å²) in [5.41, 5.74) is 6.01. The summed E-state index contributed by atoms with van der Waals surface area (Å²) in [5, 5.41) is 5.11. The lowest BCUT2D eigenvalue weighted by Crippen LogP contribution is -2.55. The lowest BCUT2D eigenvalue weighted by atomic mass is 9.73. The van der Waals surface area contributed by atoms with Crippen LogP contribution in [0, 0.1) is 11.8 Å². The van der Waals surface area contributed by atoms with E-state index in [4.69, 9.17) is 5.73 Å². The topological polar surface area (TPSA) is 75.4 Å². The number of nitrogens with two attached hydrogens (primary N) is 1. The maximum Gasteiger partial charge on any atom is 0.227 e. The molecule has 26 heavy (non-hydrogen) atoms. The van der Waals surface area contributed by atoms with Crippen molar-refractivity contribution in [1.82, 2.24) is 10.2 Å². The van der Waals surface area contributed by atoms with E-state index >= 15 is 0 Å². The number of nitrogens with one attached hydrogen (secondary N) is 1. The standard InChI is InChI=1S/C20H31N3O2S/c1-20(21)10-3-2-6-17(20)19(25)23-12-8-15(9-13-23)18(24)22-11-7-16-5-4-14-26-16/h4-5,14-15,17H,2-3,6-13,21H2,1H3,(H,22,24). The maximum atomic E-state index is 12.9. The molecule has 3 rings (SSSR count). The van der Waals surface area contributed by atoms with Gasteiger partial charge in [0.15, 0.2) is 0 Å². The van der Waals surface area contributed by atoms with E-state index in [0.29, 0.717) is 19.6 Å². The smallest absolute Gasteiger partial charge is 0.227 e. The molecular formula is C20H31N3O2S. The Bertz CT molecular complexity index is 607. The molecular weight excluding hydrogens is 346 g/mol. The molecule has 0 bridgehead atoms. The van der Waals surface area contributed by atoms with Gasteiger partial charge in [-0.05, 0) is 50.5 Å². The number of piperidine rings is 1. The summed E-state index contributed by atoms with van der Waals surface area (Å²) >= 11 is 1.72. The predicted molar refractivity (Wildman–Crippen MR) is 105 cm³/mol. The number of nitrogens with zero attached hydrogens (tertiary/aromatic N) is 1. The van der Waals surface area contributed by atoms with Crippen LogP contribution >= 0.6 is 11.3 Å². The summed E-state index contributed by atoms with van der Waals surface area (Å²) in [6.07, 6.45) is 6.42. The first-order chi connectivity index (χ1) is 12.5. The van der Waals surface area contributed by atoms with E-state index in [1.165, 1.54) is 4.88 Å². The molecule has 6 heteroatoms. The van der Waals surface area contributed by atoms with Gasteiger partial charge < -0.3 is 16.0 Å². The van der Waals surface area contributed by atoms with E-state index in [2.05, 4.69) is 16.8 Å². The van der Waals surface area contributed by atoms with Crippen LogP contribution in [0.2, 0.25) is 0 Å². The van der Waals surface area contributed by atoms with E-state index in [-0.39, 0.29) is 29.2 Å². The van der Waals surface area contributed by atoms with E-state index in [1.54, 1.807) is 11.3 Å². The predicted octanol–water partition coefficient (Wildman–Crippen LogP) is 2.55. The number of thiophene rings is 1. The second-order valence-corrected chi connectivity index (χ2v) is 9.06. The SMILES string of the molecule is CC1(N)CCCCC1C(=O)N1CCC(C(=O)NCCc2cccs2)CC1. The summed E-state index contributed by atoms with van der Waals surface area (Å²) in [7, 11) is 0. The molecule has 0 aromatic carbocycles. The zero-order valence-corrected chi connectivity index (χ0v) is 16.5. The minimum atomic E-state index is -0.384. The molecule has 1 aromatic rings. The minimum Gasteiger partial charge on any atom is -0.355 e. The molecule has 2 aliphatic rings. The van der Waals surface area contributed by atoms with E-state index in [0.717, 1.165) is 44.9 Å². The van der Waals surface area contributed by atoms with Crippen LogP contribution in [-0.2, 0) is 16.0 Å². The first-order valence-corrected chi connectivity index (χ1v) is 10.7. The first-order valence-electron chi connectivity index (χ1n) is 9.85. The van der Waals surface area contributed by atoms with Crippen molar-refractivity contribution < 1.29 is 9.59 Å². The molecule has 2 atom stereocenters. The zero-order chi connectivity index (χ0) is 18.6. The number of amides is 2. The van der Waals surface area contributed by atoms with Gasteiger partial charge >= 0.3 is 0 Å². The molecule has 3 N–H and O–H groups in total. The van der Waals surface area contributed by atoms with Gasteiger partial charge in [-0.1, -0.05) is 18.9 Å². The van der Waals surface area contributed by atoms with Crippen molar-refractivity contribution in [2.24, 2.45) is 17.6 Å². The van der Waals surface area contributed by atoms with Gasteiger partial charge in [0.05, 0.1) is 5.92 Å².